The SMILES string of the molecule is CCOc1ccccc1OCCNCCOCCCl. The van der Waals surface area contributed by atoms with Crippen LogP contribution in [0.2, 0.25) is 0 Å². The summed E-state index contributed by atoms with van der Waals surface area (Å²) in [6.45, 7) is 6.02. The topological polar surface area (TPSA) is 39.7 Å². The van der Waals surface area contributed by atoms with Crippen molar-refractivity contribution in [3.05, 3.63) is 24.3 Å². The number of hydrogen-bond acceptors (Lipinski definition) is 4. The van der Waals surface area contributed by atoms with Crippen LogP contribution in [0.25, 0.3) is 0 Å². The molecular weight excluding hydrogens is 266 g/mol. The van der Waals surface area contributed by atoms with Crippen LogP contribution in [-0.4, -0.2) is 45.4 Å². The summed E-state index contributed by atoms with van der Waals surface area (Å²) in [5.41, 5.74) is 0. The van der Waals surface area contributed by atoms with Gasteiger partial charge in [0, 0.05) is 19.0 Å². The van der Waals surface area contributed by atoms with Gasteiger partial charge in [-0.15, -0.1) is 11.6 Å². The van der Waals surface area contributed by atoms with Crippen molar-refractivity contribution < 1.29 is 14.2 Å². The fraction of sp³-hybridized carbons (Fsp3) is 0.571. The zero-order valence-electron chi connectivity index (χ0n) is 11.4. The number of alkyl halides is 1. The van der Waals surface area contributed by atoms with E-state index in [1.807, 2.05) is 31.2 Å². The first-order valence-corrected chi connectivity index (χ1v) is 7.11. The molecule has 0 heterocycles. The lowest BCUT2D eigenvalue weighted by Crippen LogP contribution is -2.25. The summed E-state index contributed by atoms with van der Waals surface area (Å²) in [6.07, 6.45) is 0. The van der Waals surface area contributed by atoms with E-state index in [0.717, 1.165) is 24.6 Å². The number of benzene rings is 1. The lowest BCUT2D eigenvalue weighted by atomic mass is 10.3. The molecule has 5 heteroatoms. The summed E-state index contributed by atoms with van der Waals surface area (Å²) >= 11 is 5.50. The Morgan fingerprint density at radius 2 is 1.68 bits per heavy atom. The highest BCUT2D eigenvalue weighted by Crippen LogP contribution is 2.25. The van der Waals surface area contributed by atoms with E-state index in [0.29, 0.717) is 32.3 Å². The van der Waals surface area contributed by atoms with Gasteiger partial charge in [0.05, 0.1) is 19.8 Å². The zero-order valence-corrected chi connectivity index (χ0v) is 12.1. The standard InChI is InChI=1S/C14H22ClNO3/c1-2-18-13-5-3-4-6-14(13)19-12-9-16-8-11-17-10-7-15/h3-6,16H,2,7-12H2,1H3. The van der Waals surface area contributed by atoms with Gasteiger partial charge in [-0.25, -0.2) is 0 Å². The van der Waals surface area contributed by atoms with Gasteiger partial charge in [-0.05, 0) is 19.1 Å². The fourth-order valence-corrected chi connectivity index (χ4v) is 1.61. The summed E-state index contributed by atoms with van der Waals surface area (Å²) in [4.78, 5) is 0. The Kier molecular flexibility index (Phi) is 9.23. The summed E-state index contributed by atoms with van der Waals surface area (Å²) in [6, 6.07) is 7.69. The molecule has 0 aliphatic rings. The molecule has 1 aromatic rings. The fourth-order valence-electron chi connectivity index (χ4n) is 1.50. The molecule has 4 nitrogen and oxygen atoms in total. The molecule has 108 valence electrons. The Bertz CT molecular complexity index is 336. The molecule has 19 heavy (non-hydrogen) atoms. The second-order valence-electron chi connectivity index (χ2n) is 3.78. The second kappa shape index (κ2) is 10.9. The molecule has 0 unspecified atom stereocenters. The first-order chi connectivity index (χ1) is 9.38. The molecule has 0 spiro atoms. The average molecular weight is 288 g/mol. The van der Waals surface area contributed by atoms with E-state index in [2.05, 4.69) is 5.32 Å². The summed E-state index contributed by atoms with van der Waals surface area (Å²) in [5.74, 6) is 2.11. The minimum absolute atomic E-state index is 0.539. The van der Waals surface area contributed by atoms with Gasteiger partial charge in [-0.3, -0.25) is 0 Å². The second-order valence-corrected chi connectivity index (χ2v) is 4.16. The molecule has 1 N–H and O–H groups in total. The van der Waals surface area contributed by atoms with Crippen molar-refractivity contribution in [2.24, 2.45) is 0 Å². The predicted octanol–water partition coefficient (Wildman–Crippen LogP) is 2.31. The van der Waals surface area contributed by atoms with Crippen LogP contribution in [0.4, 0.5) is 0 Å². The highest BCUT2D eigenvalue weighted by molar-refractivity contribution is 6.17. The van der Waals surface area contributed by atoms with Gasteiger partial charge >= 0.3 is 0 Å². The molecule has 0 amide bonds. The van der Waals surface area contributed by atoms with Crippen molar-refractivity contribution in [3.8, 4) is 11.5 Å². The Hall–Kier alpha value is -0.970. The van der Waals surface area contributed by atoms with Crippen molar-refractivity contribution in [2.75, 3.05) is 45.4 Å². The van der Waals surface area contributed by atoms with Gasteiger partial charge in [-0.1, -0.05) is 12.1 Å². The smallest absolute Gasteiger partial charge is 0.161 e. The molecular formula is C14H22ClNO3. The summed E-state index contributed by atoms with van der Waals surface area (Å²) < 4.78 is 16.4. The molecule has 0 saturated carbocycles. The van der Waals surface area contributed by atoms with Crippen molar-refractivity contribution in [3.63, 3.8) is 0 Å². The summed E-state index contributed by atoms with van der Waals surface area (Å²) in [7, 11) is 0. The van der Waals surface area contributed by atoms with Gasteiger partial charge in [0.2, 0.25) is 0 Å². The molecule has 0 radical (unpaired) electrons. The maximum absolute atomic E-state index is 5.67. The maximum Gasteiger partial charge on any atom is 0.161 e. The third kappa shape index (κ3) is 7.25. The quantitative estimate of drug-likeness (QED) is 0.501. The van der Waals surface area contributed by atoms with Crippen LogP contribution in [0.3, 0.4) is 0 Å². The number of nitrogens with one attached hydrogen (secondary N) is 1. The van der Waals surface area contributed by atoms with Crippen LogP contribution in [0.15, 0.2) is 24.3 Å². The molecule has 0 aliphatic heterocycles. The first-order valence-electron chi connectivity index (χ1n) is 6.57. The molecule has 1 rings (SSSR count). The van der Waals surface area contributed by atoms with E-state index in [-0.39, 0.29) is 0 Å². The van der Waals surface area contributed by atoms with Crippen LogP contribution in [0.5, 0.6) is 11.5 Å². The van der Waals surface area contributed by atoms with E-state index >= 15 is 0 Å². The van der Waals surface area contributed by atoms with Crippen molar-refractivity contribution in [1.82, 2.24) is 5.32 Å². The first kappa shape index (κ1) is 16.1. The Labute approximate surface area is 120 Å². The van der Waals surface area contributed by atoms with Crippen molar-refractivity contribution in [1.29, 1.82) is 0 Å². The molecule has 0 atom stereocenters. The average Bonchev–Trinajstić information content (AvgIpc) is 2.44. The largest absolute Gasteiger partial charge is 0.490 e. The van der Waals surface area contributed by atoms with Crippen LogP contribution >= 0.6 is 11.6 Å². The van der Waals surface area contributed by atoms with Gasteiger partial charge in [0.15, 0.2) is 11.5 Å². The number of halogens is 1. The van der Waals surface area contributed by atoms with Crippen LogP contribution in [-0.2, 0) is 4.74 Å². The Balaban J connectivity index is 2.12. The van der Waals surface area contributed by atoms with E-state index in [9.17, 15) is 0 Å². The zero-order chi connectivity index (χ0) is 13.8. The van der Waals surface area contributed by atoms with E-state index in [1.165, 1.54) is 0 Å². The molecule has 0 aromatic heterocycles. The van der Waals surface area contributed by atoms with Crippen molar-refractivity contribution in [2.45, 2.75) is 6.92 Å². The normalized spacial score (nSPS) is 10.4. The minimum atomic E-state index is 0.539. The van der Waals surface area contributed by atoms with Gasteiger partial charge in [-0.2, -0.15) is 0 Å². The Morgan fingerprint density at radius 3 is 2.37 bits per heavy atom. The van der Waals surface area contributed by atoms with Crippen LogP contribution < -0.4 is 14.8 Å². The van der Waals surface area contributed by atoms with Gasteiger partial charge < -0.3 is 19.5 Å². The monoisotopic (exact) mass is 287 g/mol. The highest BCUT2D eigenvalue weighted by atomic mass is 35.5. The van der Waals surface area contributed by atoms with Gasteiger partial charge in [0.25, 0.3) is 0 Å². The maximum atomic E-state index is 5.67. The molecule has 0 bridgehead atoms. The molecule has 0 aliphatic carbocycles. The van der Waals surface area contributed by atoms with E-state index in [1.54, 1.807) is 0 Å². The lowest BCUT2D eigenvalue weighted by Gasteiger charge is -2.11. The minimum Gasteiger partial charge on any atom is -0.490 e. The molecule has 1 aromatic carbocycles. The Morgan fingerprint density at radius 1 is 1.00 bits per heavy atom. The number of rotatable bonds is 11. The van der Waals surface area contributed by atoms with E-state index in [4.69, 9.17) is 25.8 Å². The lowest BCUT2D eigenvalue weighted by molar-refractivity contribution is 0.149. The number of para-hydroxylation sites is 2. The number of hydrogen-bond donors (Lipinski definition) is 1. The van der Waals surface area contributed by atoms with Crippen LogP contribution in [0.1, 0.15) is 6.92 Å². The highest BCUT2D eigenvalue weighted by Gasteiger charge is 2.02. The van der Waals surface area contributed by atoms with Crippen LogP contribution in [0, 0.1) is 0 Å². The predicted molar refractivity (Wildman–Crippen MR) is 77.5 cm³/mol. The molecule has 0 saturated heterocycles. The van der Waals surface area contributed by atoms with Gasteiger partial charge in [0.1, 0.15) is 6.61 Å². The molecule has 0 fully saturated rings. The third-order valence-corrected chi connectivity index (χ3v) is 2.48. The van der Waals surface area contributed by atoms with Crippen molar-refractivity contribution >= 4 is 11.6 Å². The number of ether oxygens (including phenoxy) is 3. The summed E-state index contributed by atoms with van der Waals surface area (Å²) in [5, 5.41) is 3.23. The third-order valence-electron chi connectivity index (χ3n) is 2.33. The van der Waals surface area contributed by atoms with E-state index < -0.39 is 0 Å².